The zero-order valence-corrected chi connectivity index (χ0v) is 28.4. The van der Waals surface area contributed by atoms with E-state index in [2.05, 4.69) is 65.1 Å². The molecule has 7 nitrogen and oxygen atoms in total. The molecule has 2 amide bonds. The molecule has 3 heterocycles. The summed E-state index contributed by atoms with van der Waals surface area (Å²) in [4.78, 5) is 30.9. The summed E-state index contributed by atoms with van der Waals surface area (Å²) in [7, 11) is -0.590. The van der Waals surface area contributed by atoms with Crippen molar-refractivity contribution in [2.45, 2.75) is 83.7 Å². The van der Waals surface area contributed by atoms with Crippen LogP contribution in [0.4, 0.5) is 11.4 Å². The van der Waals surface area contributed by atoms with Crippen molar-refractivity contribution in [3.63, 3.8) is 0 Å². The second kappa shape index (κ2) is 12.7. The third-order valence-electron chi connectivity index (χ3n) is 10.1. The van der Waals surface area contributed by atoms with Crippen molar-refractivity contribution in [1.29, 1.82) is 0 Å². The maximum atomic E-state index is 14.8. The Morgan fingerprint density at radius 2 is 1.84 bits per heavy atom. The Bertz CT molecular complexity index is 1460. The lowest BCUT2D eigenvalue weighted by Gasteiger charge is -2.37. The third-order valence-corrected chi connectivity index (χ3v) is 14.5. The van der Waals surface area contributed by atoms with Gasteiger partial charge in [-0.3, -0.25) is 9.59 Å². The summed E-state index contributed by atoms with van der Waals surface area (Å²) < 4.78 is 12.5. The average molecular weight is 617 g/mol. The molecule has 5 rings (SSSR count). The van der Waals surface area contributed by atoms with Crippen LogP contribution in [0.3, 0.4) is 0 Å². The van der Waals surface area contributed by atoms with Gasteiger partial charge in [0.1, 0.15) is 5.75 Å². The third kappa shape index (κ3) is 5.57. The Hall–Kier alpha value is -3.20. The first-order valence-electron chi connectivity index (χ1n) is 15.9. The zero-order chi connectivity index (χ0) is 31.8. The van der Waals surface area contributed by atoms with Crippen LogP contribution < -0.4 is 19.7 Å². The van der Waals surface area contributed by atoms with Crippen LogP contribution in [0.15, 0.2) is 65.8 Å². The number of allylic oxidation sites excluding steroid dienone is 3. The van der Waals surface area contributed by atoms with Crippen molar-refractivity contribution in [1.82, 2.24) is 0 Å². The van der Waals surface area contributed by atoms with E-state index in [4.69, 9.17) is 9.47 Å². The minimum Gasteiger partial charge on any atom is -0.497 e. The van der Waals surface area contributed by atoms with Gasteiger partial charge in [0.25, 0.3) is 5.91 Å². The first-order valence-corrected chi connectivity index (χ1v) is 19.0. The Balaban J connectivity index is 1.57. The van der Waals surface area contributed by atoms with E-state index in [9.17, 15) is 14.7 Å². The average Bonchev–Trinajstić information content (AvgIpc) is 3.41. The molecule has 2 aromatic rings. The van der Waals surface area contributed by atoms with Crippen LogP contribution >= 0.6 is 0 Å². The van der Waals surface area contributed by atoms with Gasteiger partial charge >= 0.3 is 0 Å². The fourth-order valence-electron chi connectivity index (χ4n) is 7.57. The van der Waals surface area contributed by atoms with Crippen LogP contribution in [-0.2, 0) is 19.9 Å². The predicted octanol–water partition coefficient (Wildman–Crippen LogP) is 6.07. The number of aliphatic hydroxyl groups excluding tert-OH is 1. The van der Waals surface area contributed by atoms with Crippen molar-refractivity contribution in [2.24, 2.45) is 5.92 Å². The maximum Gasteiger partial charge on any atom is 0.264 e. The molecule has 4 atom stereocenters. The van der Waals surface area contributed by atoms with E-state index in [1.807, 2.05) is 35.2 Å². The molecule has 0 saturated carbocycles. The monoisotopic (exact) mass is 616 g/mol. The number of aliphatic hydroxyl groups is 1. The summed E-state index contributed by atoms with van der Waals surface area (Å²) >= 11 is 0. The molecule has 3 aliphatic heterocycles. The highest BCUT2D eigenvalue weighted by molar-refractivity contribution is 6.91. The SMILES string of the molecule is COc1ccc([Si](C)(C)[C@@H]2[C@@H](CCO)O[C@]3(C(=O)N(C/C=C(\C)CCC=C(C)C)c4ccc(N5CCC5=O)cc43)[C@H]2C)cc1. The van der Waals surface area contributed by atoms with Gasteiger partial charge in [0.2, 0.25) is 5.91 Å². The molecule has 2 aromatic carbocycles. The molecule has 44 heavy (non-hydrogen) atoms. The van der Waals surface area contributed by atoms with Crippen molar-refractivity contribution >= 4 is 36.4 Å². The van der Waals surface area contributed by atoms with E-state index in [-0.39, 0.29) is 36.0 Å². The highest BCUT2D eigenvalue weighted by Crippen LogP contribution is 2.60. The molecule has 2 saturated heterocycles. The lowest BCUT2D eigenvalue weighted by molar-refractivity contribution is -0.146. The summed E-state index contributed by atoms with van der Waals surface area (Å²) in [6.07, 6.45) is 7.03. The fourth-order valence-corrected chi connectivity index (χ4v) is 11.6. The van der Waals surface area contributed by atoms with Gasteiger partial charge in [0.05, 0.1) is 27.0 Å². The second-order valence-corrected chi connectivity index (χ2v) is 18.1. The molecule has 0 aliphatic carbocycles. The number of carbonyl (C=O) groups excluding carboxylic acids is 2. The fraction of sp³-hybridized carbons (Fsp3) is 0.500. The number of methoxy groups -OCH3 is 1. The Kier molecular flexibility index (Phi) is 9.26. The number of β-lactam (4-membered cyclic amide) rings is 1. The lowest BCUT2D eigenvalue weighted by Crippen LogP contribution is -2.52. The zero-order valence-electron chi connectivity index (χ0n) is 27.4. The minimum atomic E-state index is -2.26. The van der Waals surface area contributed by atoms with Gasteiger partial charge < -0.3 is 24.4 Å². The highest BCUT2D eigenvalue weighted by atomic mass is 28.3. The molecule has 0 bridgehead atoms. The summed E-state index contributed by atoms with van der Waals surface area (Å²) in [6, 6.07) is 14.3. The van der Waals surface area contributed by atoms with Crippen LogP contribution in [0.1, 0.15) is 58.9 Å². The molecule has 0 aromatic heterocycles. The van der Waals surface area contributed by atoms with Gasteiger partial charge in [-0.2, -0.15) is 0 Å². The van der Waals surface area contributed by atoms with Crippen LogP contribution in [-0.4, -0.2) is 57.9 Å². The Morgan fingerprint density at radius 1 is 1.11 bits per heavy atom. The van der Waals surface area contributed by atoms with Gasteiger partial charge in [-0.1, -0.05) is 60.6 Å². The molecule has 0 radical (unpaired) electrons. The number of fused-ring (bicyclic) bond motifs is 2. The molecule has 1 N–H and O–H groups in total. The van der Waals surface area contributed by atoms with Crippen molar-refractivity contribution in [3.05, 3.63) is 71.3 Å². The summed E-state index contributed by atoms with van der Waals surface area (Å²) in [6.45, 7) is 14.3. The number of ether oxygens (including phenoxy) is 2. The normalized spacial score (nSPS) is 25.0. The van der Waals surface area contributed by atoms with Crippen LogP contribution in [0.5, 0.6) is 5.75 Å². The number of rotatable bonds is 11. The number of hydrogen-bond acceptors (Lipinski definition) is 5. The predicted molar refractivity (Wildman–Crippen MR) is 179 cm³/mol. The van der Waals surface area contributed by atoms with Crippen LogP contribution in [0.25, 0.3) is 0 Å². The van der Waals surface area contributed by atoms with E-state index >= 15 is 0 Å². The molecule has 236 valence electrons. The van der Waals surface area contributed by atoms with E-state index in [1.165, 1.54) is 16.3 Å². The van der Waals surface area contributed by atoms with Crippen molar-refractivity contribution < 1.29 is 24.2 Å². The van der Waals surface area contributed by atoms with E-state index in [0.29, 0.717) is 25.9 Å². The number of hydrogen-bond donors (Lipinski definition) is 1. The molecule has 2 fully saturated rings. The van der Waals surface area contributed by atoms with Crippen LogP contribution in [0, 0.1) is 5.92 Å². The van der Waals surface area contributed by atoms with Gasteiger partial charge in [-0.25, -0.2) is 0 Å². The molecule has 0 unspecified atom stereocenters. The lowest BCUT2D eigenvalue weighted by atomic mass is 9.82. The first-order chi connectivity index (χ1) is 20.9. The van der Waals surface area contributed by atoms with Gasteiger partial charge in [0, 0.05) is 43.3 Å². The Morgan fingerprint density at radius 3 is 2.43 bits per heavy atom. The number of carbonyl (C=O) groups is 2. The van der Waals surface area contributed by atoms with Crippen molar-refractivity contribution in [2.75, 3.05) is 36.6 Å². The standard InChI is InChI=1S/C36H48N2O5Si/c1-24(2)9-8-10-25(3)17-20-38-31-16-11-27(37-21-18-33(37)40)23-30(31)36(35(38)41)26(4)34(32(43-36)19-22-39)44(6,7)29-14-12-28(42-5)13-15-29/h9,11-17,23,26,32,34,39H,8,10,18-22H2,1-7H3/b25-17+/t26-,32+,34-,36+/m0/s1. The maximum absolute atomic E-state index is 14.8. The highest BCUT2D eigenvalue weighted by Gasteiger charge is 2.66. The topological polar surface area (TPSA) is 79.3 Å². The number of benzene rings is 2. The first kappa shape index (κ1) is 32.2. The van der Waals surface area contributed by atoms with Crippen LogP contribution in [0.2, 0.25) is 18.6 Å². The Labute approximate surface area is 263 Å². The molecule has 1 spiro atoms. The van der Waals surface area contributed by atoms with Gasteiger partial charge in [0.15, 0.2) is 5.60 Å². The molecule has 3 aliphatic rings. The number of nitrogens with zero attached hydrogens (tertiary/aromatic N) is 2. The smallest absolute Gasteiger partial charge is 0.264 e. The van der Waals surface area contributed by atoms with E-state index < -0.39 is 13.7 Å². The molecular formula is C36H48N2O5Si. The summed E-state index contributed by atoms with van der Waals surface area (Å²) in [5.74, 6) is 0.708. The largest absolute Gasteiger partial charge is 0.497 e. The minimum absolute atomic E-state index is 0.0161. The van der Waals surface area contributed by atoms with E-state index in [0.717, 1.165) is 35.5 Å². The second-order valence-electron chi connectivity index (χ2n) is 13.5. The van der Waals surface area contributed by atoms with Crippen molar-refractivity contribution in [3.8, 4) is 5.75 Å². The molecule has 8 heteroatoms. The summed E-state index contributed by atoms with van der Waals surface area (Å²) in [5, 5.41) is 11.4. The van der Waals surface area contributed by atoms with E-state index in [1.54, 1.807) is 12.0 Å². The summed E-state index contributed by atoms with van der Waals surface area (Å²) in [5.41, 5.74) is 3.92. The number of anilines is 2. The van der Waals surface area contributed by atoms with Gasteiger partial charge in [-0.05, 0) is 75.9 Å². The number of amides is 2. The quantitative estimate of drug-likeness (QED) is 0.188. The molecular weight excluding hydrogens is 568 g/mol. The van der Waals surface area contributed by atoms with Gasteiger partial charge in [-0.15, -0.1) is 0 Å².